The maximum absolute atomic E-state index is 12.1. The van der Waals surface area contributed by atoms with Gasteiger partial charge in [0.2, 0.25) is 11.8 Å². The van der Waals surface area contributed by atoms with Crippen molar-refractivity contribution in [3.8, 4) is 0 Å². The fourth-order valence-electron chi connectivity index (χ4n) is 2.27. The van der Waals surface area contributed by atoms with Crippen LogP contribution in [-0.2, 0) is 16.1 Å². The van der Waals surface area contributed by atoms with Gasteiger partial charge >= 0.3 is 0 Å². The van der Waals surface area contributed by atoms with Gasteiger partial charge in [0, 0.05) is 49.5 Å². The number of benzene rings is 1. The molecule has 0 radical (unpaired) electrons. The molecule has 2 amide bonds. The molecular formula is C18H20ClN3O2. The average Bonchev–Trinajstić information content (AvgIpc) is 2.55. The number of aryl methyl sites for hydroxylation is 1. The number of carbonyl (C=O) groups is 2. The summed E-state index contributed by atoms with van der Waals surface area (Å²) in [4.78, 5) is 29.5. The van der Waals surface area contributed by atoms with Crippen molar-refractivity contribution in [1.82, 2.24) is 9.88 Å². The number of nitrogens with zero attached hydrogens (tertiary/aromatic N) is 2. The minimum atomic E-state index is -0.138. The Balaban J connectivity index is 1.91. The van der Waals surface area contributed by atoms with Gasteiger partial charge in [0.25, 0.3) is 0 Å². The van der Waals surface area contributed by atoms with Gasteiger partial charge in [-0.1, -0.05) is 11.6 Å². The third kappa shape index (κ3) is 5.35. The van der Waals surface area contributed by atoms with Crippen LogP contribution in [0.3, 0.4) is 0 Å². The Labute approximate surface area is 146 Å². The standard InChI is InChI=1S/C18H20ClN3O2/c1-13-11-16(19)3-4-17(13)21-18(24)7-10-22(14(2)23)12-15-5-8-20-9-6-15/h3-6,8-9,11H,7,10,12H2,1-2H3,(H,21,24). The first kappa shape index (κ1) is 17.9. The highest BCUT2D eigenvalue weighted by atomic mass is 35.5. The van der Waals surface area contributed by atoms with E-state index in [1.165, 1.54) is 6.92 Å². The Morgan fingerprint density at radius 3 is 2.54 bits per heavy atom. The van der Waals surface area contributed by atoms with E-state index in [0.717, 1.165) is 16.8 Å². The SMILES string of the molecule is CC(=O)N(CCC(=O)Nc1ccc(Cl)cc1C)Cc1ccncc1. The fourth-order valence-corrected chi connectivity index (χ4v) is 2.50. The van der Waals surface area contributed by atoms with E-state index in [9.17, 15) is 9.59 Å². The van der Waals surface area contributed by atoms with Gasteiger partial charge in [-0.3, -0.25) is 14.6 Å². The molecule has 0 saturated carbocycles. The van der Waals surface area contributed by atoms with Crippen molar-refractivity contribution in [2.24, 2.45) is 0 Å². The van der Waals surface area contributed by atoms with Crippen LogP contribution < -0.4 is 5.32 Å². The molecule has 1 aromatic carbocycles. The fraction of sp³-hybridized carbons (Fsp3) is 0.278. The smallest absolute Gasteiger partial charge is 0.226 e. The zero-order valence-corrected chi connectivity index (χ0v) is 14.5. The molecular weight excluding hydrogens is 326 g/mol. The highest BCUT2D eigenvalue weighted by Crippen LogP contribution is 2.19. The Kier molecular flexibility index (Phi) is 6.32. The lowest BCUT2D eigenvalue weighted by Gasteiger charge is -2.21. The summed E-state index contributed by atoms with van der Waals surface area (Å²) in [6.07, 6.45) is 3.60. The molecule has 6 heteroatoms. The van der Waals surface area contributed by atoms with Crippen LogP contribution in [0.1, 0.15) is 24.5 Å². The Morgan fingerprint density at radius 2 is 1.92 bits per heavy atom. The van der Waals surface area contributed by atoms with E-state index in [1.807, 2.05) is 19.1 Å². The summed E-state index contributed by atoms with van der Waals surface area (Å²) in [6.45, 7) is 4.20. The van der Waals surface area contributed by atoms with Gasteiger partial charge in [0.1, 0.15) is 0 Å². The number of halogens is 1. The summed E-state index contributed by atoms with van der Waals surface area (Å²) in [6, 6.07) is 9.01. The molecule has 24 heavy (non-hydrogen) atoms. The molecule has 0 aliphatic heterocycles. The number of rotatable bonds is 6. The third-order valence-corrected chi connectivity index (χ3v) is 3.87. The quantitative estimate of drug-likeness (QED) is 0.872. The minimum Gasteiger partial charge on any atom is -0.338 e. The molecule has 0 fully saturated rings. The van der Waals surface area contributed by atoms with Crippen LogP contribution in [0.15, 0.2) is 42.7 Å². The summed E-state index contributed by atoms with van der Waals surface area (Å²) in [5.41, 5.74) is 2.61. The first-order chi connectivity index (χ1) is 11.5. The first-order valence-electron chi connectivity index (χ1n) is 7.66. The number of hydrogen-bond donors (Lipinski definition) is 1. The van der Waals surface area contributed by atoms with Crippen molar-refractivity contribution in [2.45, 2.75) is 26.8 Å². The number of anilines is 1. The second-order valence-electron chi connectivity index (χ2n) is 5.55. The highest BCUT2D eigenvalue weighted by Gasteiger charge is 2.12. The number of amides is 2. The molecule has 0 aliphatic rings. The van der Waals surface area contributed by atoms with Crippen molar-refractivity contribution in [2.75, 3.05) is 11.9 Å². The second kappa shape index (κ2) is 8.45. The number of nitrogens with one attached hydrogen (secondary N) is 1. The topological polar surface area (TPSA) is 62.3 Å². The van der Waals surface area contributed by atoms with Crippen LogP contribution in [-0.4, -0.2) is 28.2 Å². The van der Waals surface area contributed by atoms with Crippen LogP contribution in [0.4, 0.5) is 5.69 Å². The molecule has 126 valence electrons. The Morgan fingerprint density at radius 1 is 1.21 bits per heavy atom. The zero-order valence-electron chi connectivity index (χ0n) is 13.8. The van der Waals surface area contributed by atoms with Crippen LogP contribution in [0.5, 0.6) is 0 Å². The predicted molar refractivity (Wildman–Crippen MR) is 94.8 cm³/mol. The molecule has 0 unspecified atom stereocenters. The molecule has 0 bridgehead atoms. The van der Waals surface area contributed by atoms with Gasteiger partial charge in [-0.2, -0.15) is 0 Å². The molecule has 2 aromatic rings. The maximum Gasteiger partial charge on any atom is 0.226 e. The molecule has 1 heterocycles. The van der Waals surface area contributed by atoms with Gasteiger partial charge in [-0.15, -0.1) is 0 Å². The number of carbonyl (C=O) groups excluding carboxylic acids is 2. The molecule has 2 rings (SSSR count). The van der Waals surface area contributed by atoms with E-state index in [-0.39, 0.29) is 18.2 Å². The van der Waals surface area contributed by atoms with Gasteiger partial charge in [0.15, 0.2) is 0 Å². The number of pyridine rings is 1. The van der Waals surface area contributed by atoms with Gasteiger partial charge in [0.05, 0.1) is 0 Å². The summed E-state index contributed by atoms with van der Waals surface area (Å²) in [7, 11) is 0. The van der Waals surface area contributed by atoms with Crippen molar-refractivity contribution < 1.29 is 9.59 Å². The van der Waals surface area contributed by atoms with Crippen LogP contribution in [0.25, 0.3) is 0 Å². The van der Waals surface area contributed by atoms with Gasteiger partial charge in [-0.25, -0.2) is 0 Å². The first-order valence-corrected chi connectivity index (χ1v) is 8.04. The summed E-state index contributed by atoms with van der Waals surface area (Å²) in [5.74, 6) is -0.205. The van der Waals surface area contributed by atoms with E-state index in [4.69, 9.17) is 11.6 Å². The average molecular weight is 346 g/mol. The molecule has 1 aromatic heterocycles. The minimum absolute atomic E-state index is 0.0673. The van der Waals surface area contributed by atoms with Crippen LogP contribution in [0, 0.1) is 6.92 Å². The molecule has 1 N–H and O–H groups in total. The molecule has 5 nitrogen and oxygen atoms in total. The van der Waals surface area contributed by atoms with E-state index < -0.39 is 0 Å². The van der Waals surface area contributed by atoms with E-state index in [1.54, 1.807) is 35.5 Å². The van der Waals surface area contributed by atoms with Crippen molar-refractivity contribution in [3.63, 3.8) is 0 Å². The largest absolute Gasteiger partial charge is 0.338 e. The van der Waals surface area contributed by atoms with Crippen LogP contribution >= 0.6 is 11.6 Å². The van der Waals surface area contributed by atoms with E-state index in [2.05, 4.69) is 10.3 Å². The summed E-state index contributed by atoms with van der Waals surface area (Å²) in [5, 5.41) is 3.48. The normalized spacial score (nSPS) is 10.3. The van der Waals surface area contributed by atoms with Crippen LogP contribution in [0.2, 0.25) is 5.02 Å². The lowest BCUT2D eigenvalue weighted by molar-refractivity contribution is -0.129. The monoisotopic (exact) mass is 345 g/mol. The molecule has 0 saturated heterocycles. The van der Waals surface area contributed by atoms with E-state index in [0.29, 0.717) is 18.1 Å². The lowest BCUT2D eigenvalue weighted by Crippen LogP contribution is -2.31. The lowest BCUT2D eigenvalue weighted by atomic mass is 10.2. The van der Waals surface area contributed by atoms with Gasteiger partial charge < -0.3 is 10.2 Å². The summed E-state index contributed by atoms with van der Waals surface area (Å²) < 4.78 is 0. The predicted octanol–water partition coefficient (Wildman–Crippen LogP) is 3.42. The number of aromatic nitrogens is 1. The third-order valence-electron chi connectivity index (χ3n) is 3.64. The summed E-state index contributed by atoms with van der Waals surface area (Å²) >= 11 is 5.91. The van der Waals surface area contributed by atoms with Crippen molar-refractivity contribution in [3.05, 3.63) is 58.9 Å². The van der Waals surface area contributed by atoms with Crippen molar-refractivity contribution >= 4 is 29.1 Å². The number of hydrogen-bond acceptors (Lipinski definition) is 3. The Hall–Kier alpha value is -2.40. The maximum atomic E-state index is 12.1. The highest BCUT2D eigenvalue weighted by molar-refractivity contribution is 6.30. The van der Waals surface area contributed by atoms with Gasteiger partial charge in [-0.05, 0) is 48.4 Å². The molecule has 0 aliphatic carbocycles. The van der Waals surface area contributed by atoms with Crippen molar-refractivity contribution in [1.29, 1.82) is 0 Å². The zero-order chi connectivity index (χ0) is 17.5. The molecule has 0 atom stereocenters. The molecule has 0 spiro atoms. The second-order valence-corrected chi connectivity index (χ2v) is 5.99. The van der Waals surface area contributed by atoms with E-state index >= 15 is 0 Å². The Bertz CT molecular complexity index is 719.